The van der Waals surface area contributed by atoms with Crippen molar-refractivity contribution >= 4 is 11.5 Å². The Labute approximate surface area is 102 Å². The molecule has 90 valence electrons. The van der Waals surface area contributed by atoms with Crippen molar-refractivity contribution in [2.75, 3.05) is 7.05 Å². The van der Waals surface area contributed by atoms with Gasteiger partial charge in [-0.3, -0.25) is 0 Å². The largest absolute Gasteiger partial charge is 0.312 e. The summed E-state index contributed by atoms with van der Waals surface area (Å²) < 4.78 is 4.04. The van der Waals surface area contributed by atoms with Crippen LogP contribution in [-0.2, 0) is 0 Å². The number of nitrogens with one attached hydrogen (secondary N) is 1. The highest BCUT2D eigenvalue weighted by Gasteiger charge is 2.21. The highest BCUT2D eigenvalue weighted by Crippen LogP contribution is 2.33. The van der Waals surface area contributed by atoms with Crippen molar-refractivity contribution in [2.45, 2.75) is 51.5 Å². The van der Waals surface area contributed by atoms with Crippen LogP contribution in [0.3, 0.4) is 0 Å². The van der Waals surface area contributed by atoms with Crippen LogP contribution in [0.2, 0.25) is 0 Å². The Morgan fingerprint density at radius 3 is 2.69 bits per heavy atom. The molecule has 0 aliphatic heterocycles. The molecule has 0 radical (unpaired) electrons. The van der Waals surface area contributed by atoms with E-state index in [1.54, 1.807) is 11.5 Å². The Balaban J connectivity index is 1.97. The molecule has 1 heterocycles. The fraction of sp³-hybridized carbons (Fsp3) is 0.833. The average Bonchev–Trinajstić information content (AvgIpc) is 2.74. The first kappa shape index (κ1) is 12.0. The Bertz CT molecular complexity index is 318. The summed E-state index contributed by atoms with van der Waals surface area (Å²) in [5.74, 6) is 0.896. The minimum absolute atomic E-state index is 0.461. The minimum atomic E-state index is 0.461. The second-order valence-corrected chi connectivity index (χ2v) is 5.59. The van der Waals surface area contributed by atoms with E-state index in [1.165, 1.54) is 43.4 Å². The second-order valence-electron chi connectivity index (χ2n) is 4.80. The van der Waals surface area contributed by atoms with Gasteiger partial charge in [-0.1, -0.05) is 36.6 Å². The molecule has 1 N–H and O–H groups in total. The lowest BCUT2D eigenvalue weighted by Gasteiger charge is -2.25. The molecule has 1 fully saturated rings. The van der Waals surface area contributed by atoms with Crippen LogP contribution in [0, 0.1) is 12.8 Å². The van der Waals surface area contributed by atoms with Gasteiger partial charge in [0.1, 0.15) is 0 Å². The summed E-state index contributed by atoms with van der Waals surface area (Å²) >= 11 is 1.55. The van der Waals surface area contributed by atoms with Crippen molar-refractivity contribution < 1.29 is 0 Å². The number of aryl methyl sites for hydroxylation is 1. The van der Waals surface area contributed by atoms with Crippen molar-refractivity contribution in [3.8, 4) is 0 Å². The first-order valence-corrected chi connectivity index (χ1v) is 7.04. The van der Waals surface area contributed by atoms with Crippen molar-refractivity contribution in [1.82, 2.24) is 14.9 Å². The molecule has 0 amide bonds. The van der Waals surface area contributed by atoms with Gasteiger partial charge < -0.3 is 5.32 Å². The zero-order chi connectivity index (χ0) is 11.4. The number of aromatic nitrogens is 2. The molecule has 3 nitrogen and oxygen atoms in total. The van der Waals surface area contributed by atoms with E-state index in [0.717, 1.165) is 11.6 Å². The lowest BCUT2D eigenvalue weighted by atomic mass is 9.84. The topological polar surface area (TPSA) is 37.8 Å². The molecule has 1 aromatic heterocycles. The molecule has 0 bridgehead atoms. The van der Waals surface area contributed by atoms with E-state index >= 15 is 0 Å². The van der Waals surface area contributed by atoms with Gasteiger partial charge in [-0.05, 0) is 37.8 Å². The highest BCUT2D eigenvalue weighted by atomic mass is 32.1. The standard InChI is InChI=1S/C12H21N3S/c1-9-12(16-15-14-9)11(13-2)8-10-6-4-3-5-7-10/h10-11,13H,3-8H2,1-2H3. The average molecular weight is 239 g/mol. The third-order valence-corrected chi connectivity index (χ3v) is 4.59. The summed E-state index contributed by atoms with van der Waals surface area (Å²) in [5, 5.41) is 7.53. The maximum atomic E-state index is 4.11. The first-order chi connectivity index (χ1) is 7.81. The van der Waals surface area contributed by atoms with Crippen LogP contribution in [0.1, 0.15) is 55.1 Å². The normalized spacial score (nSPS) is 19.9. The van der Waals surface area contributed by atoms with Crippen molar-refractivity contribution in [3.63, 3.8) is 0 Å². The molecule has 16 heavy (non-hydrogen) atoms. The van der Waals surface area contributed by atoms with Gasteiger partial charge in [-0.15, -0.1) is 5.10 Å². The zero-order valence-corrected chi connectivity index (χ0v) is 11.0. The molecular weight excluding hydrogens is 218 g/mol. The molecule has 0 saturated heterocycles. The van der Waals surface area contributed by atoms with Gasteiger partial charge in [-0.2, -0.15) is 0 Å². The van der Waals surface area contributed by atoms with E-state index in [-0.39, 0.29) is 0 Å². The van der Waals surface area contributed by atoms with Gasteiger partial charge >= 0.3 is 0 Å². The van der Waals surface area contributed by atoms with Crippen LogP contribution >= 0.6 is 11.5 Å². The van der Waals surface area contributed by atoms with E-state index in [0.29, 0.717) is 6.04 Å². The molecule has 4 heteroatoms. The third kappa shape index (κ3) is 2.80. The van der Waals surface area contributed by atoms with Gasteiger partial charge in [0.05, 0.1) is 10.6 Å². The number of rotatable bonds is 4. The van der Waals surface area contributed by atoms with Gasteiger partial charge in [-0.25, -0.2) is 0 Å². The summed E-state index contributed by atoms with van der Waals surface area (Å²) in [6.07, 6.45) is 8.33. The zero-order valence-electron chi connectivity index (χ0n) is 10.2. The predicted octanol–water partition coefficient (Wildman–Crippen LogP) is 3.08. The molecule has 0 spiro atoms. The maximum Gasteiger partial charge on any atom is 0.0772 e. The van der Waals surface area contributed by atoms with E-state index in [1.807, 2.05) is 7.05 Å². The minimum Gasteiger partial charge on any atom is -0.312 e. The third-order valence-electron chi connectivity index (χ3n) is 3.65. The number of nitrogens with zero attached hydrogens (tertiary/aromatic N) is 2. The number of hydrogen-bond acceptors (Lipinski definition) is 4. The fourth-order valence-electron chi connectivity index (χ4n) is 2.67. The highest BCUT2D eigenvalue weighted by molar-refractivity contribution is 7.05. The summed E-state index contributed by atoms with van der Waals surface area (Å²) in [6, 6.07) is 0.461. The van der Waals surface area contributed by atoms with E-state index < -0.39 is 0 Å². The molecule has 1 atom stereocenters. The summed E-state index contributed by atoms with van der Waals surface area (Å²) in [6.45, 7) is 2.06. The molecular formula is C12H21N3S. The molecule has 1 aliphatic rings. The fourth-order valence-corrected chi connectivity index (χ4v) is 3.43. The SMILES string of the molecule is CNC(CC1CCCCC1)c1snnc1C. The van der Waals surface area contributed by atoms with E-state index in [2.05, 4.69) is 21.8 Å². The van der Waals surface area contributed by atoms with Crippen molar-refractivity contribution in [3.05, 3.63) is 10.6 Å². The summed E-state index contributed by atoms with van der Waals surface area (Å²) in [4.78, 5) is 1.33. The molecule has 2 rings (SSSR count). The van der Waals surface area contributed by atoms with Crippen LogP contribution < -0.4 is 5.32 Å². The summed E-state index contributed by atoms with van der Waals surface area (Å²) in [7, 11) is 2.05. The number of hydrogen-bond donors (Lipinski definition) is 1. The van der Waals surface area contributed by atoms with Gasteiger partial charge in [0.15, 0.2) is 0 Å². The van der Waals surface area contributed by atoms with Crippen LogP contribution in [0.5, 0.6) is 0 Å². The van der Waals surface area contributed by atoms with Crippen molar-refractivity contribution in [1.29, 1.82) is 0 Å². The first-order valence-electron chi connectivity index (χ1n) is 6.27. The Morgan fingerprint density at radius 1 is 1.38 bits per heavy atom. The molecule has 0 aromatic carbocycles. The lowest BCUT2D eigenvalue weighted by Crippen LogP contribution is -2.21. The lowest BCUT2D eigenvalue weighted by molar-refractivity contribution is 0.307. The van der Waals surface area contributed by atoms with Crippen LogP contribution in [0.4, 0.5) is 0 Å². The molecule has 1 aliphatic carbocycles. The quantitative estimate of drug-likeness (QED) is 0.877. The molecule has 1 unspecified atom stereocenters. The Kier molecular flexibility index (Phi) is 4.29. The monoisotopic (exact) mass is 239 g/mol. The maximum absolute atomic E-state index is 4.11. The second kappa shape index (κ2) is 5.73. The van der Waals surface area contributed by atoms with Gasteiger partial charge in [0.25, 0.3) is 0 Å². The van der Waals surface area contributed by atoms with E-state index in [9.17, 15) is 0 Å². The van der Waals surface area contributed by atoms with Gasteiger partial charge in [0.2, 0.25) is 0 Å². The smallest absolute Gasteiger partial charge is 0.0772 e. The predicted molar refractivity (Wildman–Crippen MR) is 67.6 cm³/mol. The van der Waals surface area contributed by atoms with Crippen LogP contribution in [0.25, 0.3) is 0 Å². The van der Waals surface area contributed by atoms with Crippen molar-refractivity contribution in [2.24, 2.45) is 5.92 Å². The Hall–Kier alpha value is -0.480. The molecule has 1 aromatic rings. The Morgan fingerprint density at radius 2 is 2.12 bits per heavy atom. The van der Waals surface area contributed by atoms with Crippen LogP contribution in [-0.4, -0.2) is 16.6 Å². The van der Waals surface area contributed by atoms with E-state index in [4.69, 9.17) is 0 Å². The molecule has 1 saturated carbocycles. The van der Waals surface area contributed by atoms with Gasteiger partial charge in [0, 0.05) is 6.04 Å². The van der Waals surface area contributed by atoms with Crippen LogP contribution in [0.15, 0.2) is 0 Å². The summed E-state index contributed by atoms with van der Waals surface area (Å²) in [5.41, 5.74) is 1.10.